The zero-order valence-corrected chi connectivity index (χ0v) is 15.8. The van der Waals surface area contributed by atoms with Gasteiger partial charge in [0.25, 0.3) is 0 Å². The molecule has 1 aromatic heterocycles. The van der Waals surface area contributed by atoms with Gasteiger partial charge in [0.15, 0.2) is 0 Å². The molecule has 0 saturated carbocycles. The van der Waals surface area contributed by atoms with E-state index >= 15 is 0 Å². The zero-order valence-electron chi connectivity index (χ0n) is 15.0. The number of hydrogen-bond acceptors (Lipinski definition) is 4. The van der Waals surface area contributed by atoms with Crippen molar-refractivity contribution in [2.24, 2.45) is 5.92 Å². The number of pyridine rings is 1. The minimum absolute atomic E-state index is 0.0738. The molecule has 7 heteroatoms. The van der Waals surface area contributed by atoms with Crippen LogP contribution < -0.4 is 4.90 Å². The lowest BCUT2D eigenvalue weighted by Crippen LogP contribution is -2.51. The first-order valence-electron chi connectivity index (χ1n) is 8.72. The number of carbonyl (C=O) groups is 2. The molecule has 2 saturated heterocycles. The lowest BCUT2D eigenvalue weighted by atomic mass is 10.1. The third kappa shape index (κ3) is 3.73. The van der Waals surface area contributed by atoms with E-state index in [1.54, 1.807) is 6.20 Å². The van der Waals surface area contributed by atoms with Crippen molar-refractivity contribution < 1.29 is 9.59 Å². The molecule has 2 aliphatic rings. The molecule has 0 aromatic carbocycles. The van der Waals surface area contributed by atoms with Crippen LogP contribution in [0, 0.1) is 5.92 Å². The third-order valence-electron chi connectivity index (χ3n) is 4.91. The van der Waals surface area contributed by atoms with Crippen molar-refractivity contribution in [3.63, 3.8) is 0 Å². The first kappa shape index (κ1) is 18.0. The quantitative estimate of drug-likeness (QED) is 0.805. The standard InChI is InChI=1S/C18H25ClN4O2/c1-18(2,3)23-12-13(11-15(23)24)17(25)22-9-7-21(8-10-22)16-14(19)5-4-6-20-16/h4-6,13H,7-12H2,1-3H3/t13-/m1/s1. The van der Waals surface area contributed by atoms with Gasteiger partial charge in [-0.2, -0.15) is 0 Å². The fourth-order valence-electron chi connectivity index (χ4n) is 3.53. The fraction of sp³-hybridized carbons (Fsp3) is 0.611. The number of nitrogens with zero attached hydrogens (tertiary/aromatic N) is 4. The van der Waals surface area contributed by atoms with Crippen LogP contribution in [0.1, 0.15) is 27.2 Å². The average molecular weight is 365 g/mol. The molecule has 6 nitrogen and oxygen atoms in total. The summed E-state index contributed by atoms with van der Waals surface area (Å²) < 4.78 is 0. The van der Waals surface area contributed by atoms with E-state index in [0.717, 1.165) is 5.82 Å². The predicted molar refractivity (Wildman–Crippen MR) is 97.6 cm³/mol. The van der Waals surface area contributed by atoms with E-state index in [2.05, 4.69) is 9.88 Å². The molecule has 0 unspecified atom stereocenters. The summed E-state index contributed by atoms with van der Waals surface area (Å²) in [5.41, 5.74) is -0.236. The Morgan fingerprint density at radius 1 is 1.24 bits per heavy atom. The Balaban J connectivity index is 1.59. The minimum atomic E-state index is -0.236. The van der Waals surface area contributed by atoms with Crippen molar-refractivity contribution >= 4 is 29.2 Å². The molecule has 2 fully saturated rings. The van der Waals surface area contributed by atoms with Crippen LogP contribution in [0.3, 0.4) is 0 Å². The van der Waals surface area contributed by atoms with Gasteiger partial charge < -0.3 is 14.7 Å². The highest BCUT2D eigenvalue weighted by molar-refractivity contribution is 6.32. The minimum Gasteiger partial charge on any atom is -0.352 e. The maximum Gasteiger partial charge on any atom is 0.228 e. The van der Waals surface area contributed by atoms with Crippen LogP contribution >= 0.6 is 11.6 Å². The van der Waals surface area contributed by atoms with Crippen molar-refractivity contribution in [2.45, 2.75) is 32.7 Å². The van der Waals surface area contributed by atoms with Crippen LogP contribution in [0.2, 0.25) is 5.02 Å². The Kier molecular flexibility index (Phi) is 4.91. The first-order valence-corrected chi connectivity index (χ1v) is 9.10. The number of anilines is 1. The van der Waals surface area contributed by atoms with Gasteiger partial charge in [0.05, 0.1) is 10.9 Å². The normalized spacial score (nSPS) is 21.8. The van der Waals surface area contributed by atoms with Gasteiger partial charge in [0.2, 0.25) is 11.8 Å². The van der Waals surface area contributed by atoms with Crippen LogP contribution in [0.5, 0.6) is 0 Å². The number of likely N-dealkylation sites (tertiary alicyclic amines) is 1. The van der Waals surface area contributed by atoms with Gasteiger partial charge in [-0.15, -0.1) is 0 Å². The van der Waals surface area contributed by atoms with Crippen molar-refractivity contribution in [3.05, 3.63) is 23.4 Å². The van der Waals surface area contributed by atoms with Gasteiger partial charge in [-0.3, -0.25) is 9.59 Å². The molecule has 1 atom stereocenters. The molecule has 2 aliphatic heterocycles. The second kappa shape index (κ2) is 6.83. The molecular weight excluding hydrogens is 340 g/mol. The molecule has 0 bridgehead atoms. The number of hydrogen-bond donors (Lipinski definition) is 0. The summed E-state index contributed by atoms with van der Waals surface area (Å²) in [6.45, 7) is 9.21. The number of amides is 2. The molecule has 0 N–H and O–H groups in total. The van der Waals surface area contributed by atoms with Crippen LogP contribution in [-0.2, 0) is 9.59 Å². The van der Waals surface area contributed by atoms with E-state index in [1.807, 2.05) is 42.7 Å². The van der Waals surface area contributed by atoms with Gasteiger partial charge in [0.1, 0.15) is 5.82 Å². The van der Waals surface area contributed by atoms with Gasteiger partial charge in [-0.1, -0.05) is 11.6 Å². The number of carbonyl (C=O) groups excluding carboxylic acids is 2. The van der Waals surface area contributed by atoms with Crippen molar-refractivity contribution in [3.8, 4) is 0 Å². The van der Waals surface area contributed by atoms with Crippen LogP contribution in [0.4, 0.5) is 5.82 Å². The zero-order chi connectivity index (χ0) is 18.2. The Morgan fingerprint density at radius 3 is 2.48 bits per heavy atom. The van der Waals surface area contributed by atoms with E-state index in [0.29, 0.717) is 44.2 Å². The monoisotopic (exact) mass is 364 g/mol. The van der Waals surface area contributed by atoms with Crippen LogP contribution in [-0.4, -0.2) is 64.9 Å². The largest absolute Gasteiger partial charge is 0.352 e. The van der Waals surface area contributed by atoms with Gasteiger partial charge in [-0.05, 0) is 32.9 Å². The van der Waals surface area contributed by atoms with E-state index in [4.69, 9.17) is 11.6 Å². The Morgan fingerprint density at radius 2 is 1.92 bits per heavy atom. The molecule has 0 aliphatic carbocycles. The summed E-state index contributed by atoms with van der Waals surface area (Å²) in [5, 5.41) is 0.629. The molecule has 0 radical (unpaired) electrons. The number of aromatic nitrogens is 1. The number of halogens is 1. The molecule has 3 heterocycles. The van der Waals surface area contributed by atoms with Crippen molar-refractivity contribution in [1.82, 2.24) is 14.8 Å². The lowest BCUT2D eigenvalue weighted by Gasteiger charge is -2.37. The number of piperazine rings is 1. The van der Waals surface area contributed by atoms with Crippen LogP contribution in [0.15, 0.2) is 18.3 Å². The van der Waals surface area contributed by atoms with E-state index in [9.17, 15) is 9.59 Å². The second-order valence-corrected chi connectivity index (χ2v) is 8.10. The van der Waals surface area contributed by atoms with E-state index in [1.165, 1.54) is 0 Å². The Labute approximate surface area is 153 Å². The number of rotatable bonds is 2. The molecule has 2 amide bonds. The highest BCUT2D eigenvalue weighted by Crippen LogP contribution is 2.28. The first-order chi connectivity index (χ1) is 11.8. The topological polar surface area (TPSA) is 56.8 Å². The SMILES string of the molecule is CC(C)(C)N1C[C@H](C(=O)N2CCN(c3ncccc3Cl)CC2)CC1=O. The van der Waals surface area contributed by atoms with Crippen molar-refractivity contribution in [1.29, 1.82) is 0 Å². The molecule has 25 heavy (non-hydrogen) atoms. The van der Waals surface area contributed by atoms with E-state index in [-0.39, 0.29) is 23.3 Å². The average Bonchev–Trinajstić information content (AvgIpc) is 2.97. The maximum absolute atomic E-state index is 12.8. The molecule has 3 rings (SSSR count). The maximum atomic E-state index is 12.8. The van der Waals surface area contributed by atoms with Crippen molar-refractivity contribution in [2.75, 3.05) is 37.6 Å². The smallest absolute Gasteiger partial charge is 0.228 e. The molecular formula is C18H25ClN4O2. The lowest BCUT2D eigenvalue weighted by molar-refractivity contribution is -0.136. The predicted octanol–water partition coefficient (Wildman–Crippen LogP) is 2.03. The Hall–Kier alpha value is -1.82. The molecule has 0 spiro atoms. The second-order valence-electron chi connectivity index (χ2n) is 7.70. The van der Waals surface area contributed by atoms with Crippen LogP contribution in [0.25, 0.3) is 0 Å². The van der Waals surface area contributed by atoms with Gasteiger partial charge in [-0.25, -0.2) is 4.98 Å². The van der Waals surface area contributed by atoms with Gasteiger partial charge >= 0.3 is 0 Å². The highest BCUT2D eigenvalue weighted by atomic mass is 35.5. The van der Waals surface area contributed by atoms with Gasteiger partial charge in [0, 0.05) is 50.9 Å². The summed E-state index contributed by atoms with van der Waals surface area (Å²) in [6.07, 6.45) is 2.05. The summed E-state index contributed by atoms with van der Waals surface area (Å²) in [6, 6.07) is 3.64. The summed E-state index contributed by atoms with van der Waals surface area (Å²) in [5.74, 6) is 0.708. The summed E-state index contributed by atoms with van der Waals surface area (Å²) in [4.78, 5) is 35.2. The Bertz CT molecular complexity index is 665. The van der Waals surface area contributed by atoms with E-state index < -0.39 is 0 Å². The molecule has 1 aromatic rings. The fourth-order valence-corrected chi connectivity index (χ4v) is 3.77. The molecule has 136 valence electrons. The summed E-state index contributed by atoms with van der Waals surface area (Å²) in [7, 11) is 0. The highest BCUT2D eigenvalue weighted by Gasteiger charge is 2.41. The summed E-state index contributed by atoms with van der Waals surface area (Å²) >= 11 is 6.21. The third-order valence-corrected chi connectivity index (χ3v) is 5.21.